The summed E-state index contributed by atoms with van der Waals surface area (Å²) in [6, 6.07) is 4.40. The predicted molar refractivity (Wildman–Crippen MR) is 78.9 cm³/mol. The zero-order valence-electron chi connectivity index (χ0n) is 12.6. The maximum atomic E-state index is 12.1. The van der Waals surface area contributed by atoms with Crippen molar-refractivity contribution in [3.05, 3.63) is 30.1 Å². The minimum Gasteiger partial charge on any atom is -0.458 e. The molecule has 1 aromatic heterocycles. The normalized spacial score (nSPS) is 13.0. The second kappa shape index (κ2) is 5.55. The monoisotopic (exact) mass is 289 g/mol. The van der Waals surface area contributed by atoms with E-state index in [9.17, 15) is 9.59 Å². The van der Waals surface area contributed by atoms with Gasteiger partial charge in [0.2, 0.25) is 0 Å². The summed E-state index contributed by atoms with van der Waals surface area (Å²) in [5, 5.41) is 2.63. The average molecular weight is 289 g/mol. The van der Waals surface area contributed by atoms with Crippen molar-refractivity contribution in [3.8, 4) is 0 Å². The summed E-state index contributed by atoms with van der Waals surface area (Å²) in [6.07, 6.45) is 1.57. The molecule has 1 amide bonds. The number of hydrogen-bond donors (Lipinski definition) is 2. The van der Waals surface area contributed by atoms with Gasteiger partial charge in [-0.2, -0.15) is 0 Å². The fourth-order valence-electron chi connectivity index (χ4n) is 1.81. The summed E-state index contributed by atoms with van der Waals surface area (Å²) in [4.78, 5) is 31.0. The molecule has 0 bridgehead atoms. The predicted octanol–water partition coefficient (Wildman–Crippen LogP) is 2.02. The Hall–Kier alpha value is -2.37. The number of hydrogen-bond acceptors (Lipinski definition) is 4. The summed E-state index contributed by atoms with van der Waals surface area (Å²) in [6.45, 7) is 6.95. The van der Waals surface area contributed by atoms with Gasteiger partial charge in [-0.3, -0.25) is 4.79 Å². The average Bonchev–Trinajstić information content (AvgIpc) is 2.83. The second-order valence-corrected chi connectivity index (χ2v) is 5.86. The summed E-state index contributed by atoms with van der Waals surface area (Å²) in [5.41, 5.74) is 1.44. The highest BCUT2D eigenvalue weighted by Gasteiger charge is 2.23. The van der Waals surface area contributed by atoms with Crippen molar-refractivity contribution in [1.82, 2.24) is 15.3 Å². The molecule has 0 spiro atoms. The summed E-state index contributed by atoms with van der Waals surface area (Å²) in [5.74, 6) is -0.789. The number of imidazole rings is 1. The first-order valence-corrected chi connectivity index (χ1v) is 6.73. The number of H-pyrrole nitrogens is 1. The molecule has 0 saturated carbocycles. The number of rotatable bonds is 3. The van der Waals surface area contributed by atoms with E-state index in [0.29, 0.717) is 5.56 Å². The van der Waals surface area contributed by atoms with Gasteiger partial charge in [-0.25, -0.2) is 9.78 Å². The summed E-state index contributed by atoms with van der Waals surface area (Å²) in [7, 11) is 0. The van der Waals surface area contributed by atoms with Crippen LogP contribution in [0.5, 0.6) is 0 Å². The Bertz CT molecular complexity index is 670. The van der Waals surface area contributed by atoms with Gasteiger partial charge >= 0.3 is 5.97 Å². The number of ether oxygens (including phenoxy) is 1. The molecule has 112 valence electrons. The molecule has 1 atom stereocenters. The molecule has 0 aliphatic rings. The lowest BCUT2D eigenvalue weighted by atomic mass is 10.1. The maximum absolute atomic E-state index is 12.1. The van der Waals surface area contributed by atoms with Gasteiger partial charge in [-0.05, 0) is 45.9 Å². The van der Waals surface area contributed by atoms with Gasteiger partial charge in [0, 0.05) is 5.56 Å². The molecule has 0 aliphatic heterocycles. The van der Waals surface area contributed by atoms with Gasteiger partial charge in [0.1, 0.15) is 11.6 Å². The van der Waals surface area contributed by atoms with Crippen LogP contribution in [0.1, 0.15) is 38.1 Å². The van der Waals surface area contributed by atoms with E-state index in [-0.39, 0.29) is 5.91 Å². The Morgan fingerprint density at radius 1 is 1.33 bits per heavy atom. The lowest BCUT2D eigenvalue weighted by Gasteiger charge is -2.22. The molecule has 0 radical (unpaired) electrons. The molecule has 2 aromatic rings. The third-order valence-electron chi connectivity index (χ3n) is 2.79. The first-order chi connectivity index (χ1) is 9.76. The highest BCUT2D eigenvalue weighted by molar-refractivity contribution is 5.99. The molecule has 1 aromatic carbocycles. The third-order valence-corrected chi connectivity index (χ3v) is 2.79. The van der Waals surface area contributed by atoms with Crippen LogP contribution in [0.15, 0.2) is 24.5 Å². The van der Waals surface area contributed by atoms with E-state index in [0.717, 1.165) is 11.0 Å². The van der Waals surface area contributed by atoms with E-state index in [1.54, 1.807) is 52.2 Å². The van der Waals surface area contributed by atoms with Crippen LogP contribution in [-0.2, 0) is 9.53 Å². The lowest BCUT2D eigenvalue weighted by Crippen LogP contribution is -2.42. The number of amides is 1. The first kappa shape index (κ1) is 15.0. The molecule has 2 N–H and O–H groups in total. The van der Waals surface area contributed by atoms with Gasteiger partial charge in [-0.15, -0.1) is 0 Å². The molecular formula is C15H19N3O3. The van der Waals surface area contributed by atoms with E-state index in [1.807, 2.05) is 0 Å². The largest absolute Gasteiger partial charge is 0.458 e. The topological polar surface area (TPSA) is 84.1 Å². The zero-order valence-corrected chi connectivity index (χ0v) is 12.6. The van der Waals surface area contributed by atoms with Crippen LogP contribution in [0.25, 0.3) is 11.0 Å². The number of esters is 1. The Balaban J connectivity index is 2.04. The highest BCUT2D eigenvalue weighted by Crippen LogP contribution is 2.12. The van der Waals surface area contributed by atoms with E-state index in [4.69, 9.17) is 4.74 Å². The van der Waals surface area contributed by atoms with Crippen LogP contribution in [-0.4, -0.2) is 33.5 Å². The van der Waals surface area contributed by atoms with Crippen molar-refractivity contribution >= 4 is 22.9 Å². The Morgan fingerprint density at radius 2 is 2.05 bits per heavy atom. The van der Waals surface area contributed by atoms with Crippen LogP contribution >= 0.6 is 0 Å². The smallest absolute Gasteiger partial charge is 0.328 e. The lowest BCUT2D eigenvalue weighted by molar-refractivity contribution is -0.156. The number of carbonyl (C=O) groups excluding carboxylic acids is 2. The summed E-state index contributed by atoms with van der Waals surface area (Å²) < 4.78 is 5.22. The molecule has 0 saturated heterocycles. The van der Waals surface area contributed by atoms with Crippen molar-refractivity contribution in [1.29, 1.82) is 0 Å². The number of aromatic amines is 1. The van der Waals surface area contributed by atoms with Crippen LogP contribution in [0.3, 0.4) is 0 Å². The molecule has 0 unspecified atom stereocenters. The van der Waals surface area contributed by atoms with Gasteiger partial charge in [0.25, 0.3) is 5.91 Å². The van der Waals surface area contributed by atoms with Crippen LogP contribution in [0, 0.1) is 0 Å². The highest BCUT2D eigenvalue weighted by atomic mass is 16.6. The molecular weight excluding hydrogens is 270 g/mol. The molecule has 2 rings (SSSR count). The SMILES string of the molecule is C[C@@H](NC(=O)c1ccc2nc[nH]c2c1)C(=O)OC(C)(C)C. The number of nitrogens with one attached hydrogen (secondary N) is 2. The van der Waals surface area contributed by atoms with Crippen molar-refractivity contribution in [2.45, 2.75) is 39.3 Å². The van der Waals surface area contributed by atoms with Crippen molar-refractivity contribution in [3.63, 3.8) is 0 Å². The Labute approximate surface area is 122 Å². The number of aromatic nitrogens is 2. The van der Waals surface area contributed by atoms with E-state index < -0.39 is 17.6 Å². The number of benzene rings is 1. The third kappa shape index (κ3) is 3.81. The van der Waals surface area contributed by atoms with Crippen molar-refractivity contribution < 1.29 is 14.3 Å². The minimum absolute atomic E-state index is 0.329. The van der Waals surface area contributed by atoms with Crippen molar-refractivity contribution in [2.24, 2.45) is 0 Å². The molecule has 0 fully saturated rings. The van der Waals surface area contributed by atoms with Gasteiger partial charge in [0.15, 0.2) is 0 Å². The van der Waals surface area contributed by atoms with Crippen LogP contribution in [0.2, 0.25) is 0 Å². The van der Waals surface area contributed by atoms with Crippen LogP contribution < -0.4 is 5.32 Å². The fourth-order valence-corrected chi connectivity index (χ4v) is 1.81. The molecule has 0 aliphatic carbocycles. The quantitative estimate of drug-likeness (QED) is 0.847. The Kier molecular flexibility index (Phi) is 3.97. The number of fused-ring (bicyclic) bond motifs is 1. The second-order valence-electron chi connectivity index (χ2n) is 5.86. The van der Waals surface area contributed by atoms with Gasteiger partial charge in [-0.1, -0.05) is 0 Å². The molecule has 1 heterocycles. The van der Waals surface area contributed by atoms with E-state index >= 15 is 0 Å². The van der Waals surface area contributed by atoms with E-state index in [2.05, 4.69) is 15.3 Å². The fraction of sp³-hybridized carbons (Fsp3) is 0.400. The Morgan fingerprint density at radius 3 is 2.71 bits per heavy atom. The van der Waals surface area contributed by atoms with E-state index in [1.165, 1.54) is 0 Å². The maximum Gasteiger partial charge on any atom is 0.328 e. The van der Waals surface area contributed by atoms with Gasteiger partial charge in [0.05, 0.1) is 17.4 Å². The minimum atomic E-state index is -0.714. The first-order valence-electron chi connectivity index (χ1n) is 6.73. The molecule has 6 nitrogen and oxygen atoms in total. The van der Waals surface area contributed by atoms with Gasteiger partial charge < -0.3 is 15.0 Å². The zero-order chi connectivity index (χ0) is 15.6. The standard InChI is InChI=1S/C15H19N3O3/c1-9(14(20)21-15(2,3)4)18-13(19)10-5-6-11-12(7-10)17-8-16-11/h5-9H,1-4H3,(H,16,17)(H,18,19)/t9-/m1/s1. The van der Waals surface area contributed by atoms with Crippen LogP contribution in [0.4, 0.5) is 0 Å². The number of carbonyl (C=O) groups is 2. The molecule has 21 heavy (non-hydrogen) atoms. The summed E-state index contributed by atoms with van der Waals surface area (Å²) >= 11 is 0. The van der Waals surface area contributed by atoms with Crippen molar-refractivity contribution in [2.75, 3.05) is 0 Å². The number of nitrogens with zero attached hydrogens (tertiary/aromatic N) is 1. The molecule has 6 heteroatoms.